The van der Waals surface area contributed by atoms with Crippen molar-refractivity contribution in [1.29, 1.82) is 0 Å². The van der Waals surface area contributed by atoms with E-state index in [1.807, 2.05) is 24.3 Å². The highest BCUT2D eigenvalue weighted by atomic mass is 19.4. The Balaban J connectivity index is 1.26. The maximum atomic E-state index is 13.2. The minimum atomic E-state index is -4.76. The van der Waals surface area contributed by atoms with E-state index >= 15 is 0 Å². The van der Waals surface area contributed by atoms with Crippen LogP contribution in [0.4, 0.5) is 23.7 Å². The zero-order valence-corrected chi connectivity index (χ0v) is 19.3. The van der Waals surface area contributed by atoms with E-state index in [2.05, 4.69) is 10.1 Å². The van der Waals surface area contributed by atoms with Gasteiger partial charge in [-0.05, 0) is 74.1 Å². The Morgan fingerprint density at radius 2 is 1.66 bits per heavy atom. The molecule has 1 N–H and O–H groups in total. The maximum Gasteiger partial charge on any atom is 0.573 e. The number of alkyl carbamates (subject to hydrolysis) is 1. The van der Waals surface area contributed by atoms with E-state index in [1.54, 1.807) is 12.0 Å². The Hall–Kier alpha value is -3.43. The quantitative estimate of drug-likeness (QED) is 0.601. The number of alkyl halides is 3. The van der Waals surface area contributed by atoms with Crippen molar-refractivity contribution in [3.05, 3.63) is 54.1 Å². The molecule has 10 heteroatoms. The molecule has 2 fully saturated rings. The summed E-state index contributed by atoms with van der Waals surface area (Å²) in [5.41, 5.74) is 0.929. The van der Waals surface area contributed by atoms with Gasteiger partial charge in [0.2, 0.25) is 5.91 Å². The number of hydrogen-bond acceptors (Lipinski definition) is 5. The van der Waals surface area contributed by atoms with Gasteiger partial charge in [-0.25, -0.2) is 4.79 Å². The van der Waals surface area contributed by atoms with E-state index in [0.717, 1.165) is 11.3 Å². The first kappa shape index (κ1) is 24.7. The smallest absolute Gasteiger partial charge is 0.497 e. The minimum Gasteiger partial charge on any atom is -0.497 e. The van der Waals surface area contributed by atoms with Crippen LogP contribution in [0.15, 0.2) is 48.5 Å². The van der Waals surface area contributed by atoms with Crippen LogP contribution in [0.3, 0.4) is 0 Å². The third kappa shape index (κ3) is 5.98. The predicted octanol–water partition coefficient (Wildman–Crippen LogP) is 5.19. The molecule has 35 heavy (non-hydrogen) atoms. The summed E-state index contributed by atoms with van der Waals surface area (Å²) < 4.78 is 51.7. The number of nitrogens with one attached hydrogen (secondary N) is 1. The Morgan fingerprint density at radius 1 is 1.03 bits per heavy atom. The number of carbonyl (C=O) groups is 2. The molecule has 0 aromatic heterocycles. The molecule has 1 saturated heterocycles. The van der Waals surface area contributed by atoms with Crippen molar-refractivity contribution in [2.24, 2.45) is 5.41 Å². The summed E-state index contributed by atoms with van der Waals surface area (Å²) in [6, 6.07) is 12.7. The number of nitrogens with zero attached hydrogens (tertiary/aromatic N) is 1. The number of benzene rings is 2. The fraction of sp³-hybridized carbons (Fsp3) is 0.440. The van der Waals surface area contributed by atoms with Crippen molar-refractivity contribution in [1.82, 2.24) is 5.32 Å². The minimum absolute atomic E-state index is 0.0376. The normalized spacial score (nSPS) is 22.2. The summed E-state index contributed by atoms with van der Waals surface area (Å²) >= 11 is 0. The van der Waals surface area contributed by atoms with Crippen molar-refractivity contribution in [3.63, 3.8) is 0 Å². The fourth-order valence-corrected chi connectivity index (χ4v) is 4.73. The molecule has 0 atom stereocenters. The highest BCUT2D eigenvalue weighted by molar-refractivity contribution is 6.00. The number of ether oxygens (including phenoxy) is 3. The molecular weight excluding hydrogens is 465 g/mol. The molecule has 0 bridgehead atoms. The van der Waals surface area contributed by atoms with Gasteiger partial charge in [0.15, 0.2) is 0 Å². The number of rotatable bonds is 6. The van der Waals surface area contributed by atoms with Crippen LogP contribution in [0.25, 0.3) is 0 Å². The van der Waals surface area contributed by atoms with E-state index in [0.29, 0.717) is 50.9 Å². The molecule has 2 aromatic rings. The van der Waals surface area contributed by atoms with Gasteiger partial charge >= 0.3 is 12.5 Å². The molecule has 2 aromatic carbocycles. The van der Waals surface area contributed by atoms with Crippen LogP contribution in [0, 0.1) is 5.41 Å². The van der Waals surface area contributed by atoms with Gasteiger partial charge in [0.25, 0.3) is 0 Å². The van der Waals surface area contributed by atoms with Crippen LogP contribution in [0.2, 0.25) is 0 Å². The zero-order chi connectivity index (χ0) is 25.1. The third-order valence-electron chi connectivity index (χ3n) is 6.65. The second kappa shape index (κ2) is 10.1. The second-order valence-electron chi connectivity index (χ2n) is 8.84. The molecule has 1 spiro atoms. The van der Waals surface area contributed by atoms with E-state index in [4.69, 9.17) is 9.47 Å². The van der Waals surface area contributed by atoms with Gasteiger partial charge in [0.1, 0.15) is 17.6 Å². The fourth-order valence-electron chi connectivity index (χ4n) is 4.73. The Labute approximate surface area is 201 Å². The Bertz CT molecular complexity index is 1030. The first-order chi connectivity index (χ1) is 16.7. The highest BCUT2D eigenvalue weighted by Gasteiger charge is 2.49. The second-order valence-corrected chi connectivity index (χ2v) is 8.84. The average Bonchev–Trinajstić information content (AvgIpc) is 3.15. The lowest BCUT2D eigenvalue weighted by Crippen LogP contribution is -2.40. The van der Waals surface area contributed by atoms with Crippen LogP contribution in [-0.4, -0.2) is 38.1 Å². The summed E-state index contributed by atoms with van der Waals surface area (Å²) in [7, 11) is 1.59. The van der Waals surface area contributed by atoms with Crippen molar-refractivity contribution in [2.75, 3.05) is 18.6 Å². The molecule has 1 saturated carbocycles. The standard InChI is InChI=1S/C25H27F3N2O5/c1-33-19-6-2-17(3-7-19)16-29-23(32)34-20-10-12-24(13-11-20)14-15-30(22(24)31)18-4-8-21(9-5-18)35-25(26,27)28/h2-9,20H,10-16H2,1H3,(H,29,32)/t20-,24+. The molecule has 188 valence electrons. The van der Waals surface area contributed by atoms with E-state index < -0.39 is 17.9 Å². The number of hydrogen-bond donors (Lipinski definition) is 1. The lowest BCUT2D eigenvalue weighted by Gasteiger charge is -2.35. The van der Waals surface area contributed by atoms with Crippen molar-refractivity contribution < 1.29 is 37.0 Å². The molecule has 4 rings (SSSR count). The molecule has 7 nitrogen and oxygen atoms in total. The lowest BCUT2D eigenvalue weighted by molar-refractivity contribution is -0.274. The van der Waals surface area contributed by atoms with Gasteiger partial charge in [-0.1, -0.05) is 12.1 Å². The van der Waals surface area contributed by atoms with Crippen LogP contribution in [-0.2, 0) is 16.1 Å². The van der Waals surface area contributed by atoms with E-state index in [-0.39, 0.29) is 17.8 Å². The third-order valence-corrected chi connectivity index (χ3v) is 6.65. The summed E-state index contributed by atoms with van der Waals surface area (Å²) in [6.07, 6.45) is -2.53. The van der Waals surface area contributed by atoms with Crippen LogP contribution < -0.4 is 19.7 Å². The van der Waals surface area contributed by atoms with Crippen molar-refractivity contribution in [2.45, 2.75) is 51.1 Å². The first-order valence-corrected chi connectivity index (χ1v) is 11.4. The summed E-state index contributed by atoms with van der Waals surface area (Å²) in [4.78, 5) is 27.0. The number of halogens is 3. The van der Waals surface area contributed by atoms with E-state index in [1.165, 1.54) is 24.3 Å². The lowest BCUT2D eigenvalue weighted by atomic mass is 9.72. The molecule has 2 aliphatic rings. The summed E-state index contributed by atoms with van der Waals surface area (Å²) in [5, 5.41) is 2.74. The van der Waals surface area contributed by atoms with Gasteiger partial charge < -0.3 is 24.4 Å². The molecule has 0 radical (unpaired) electrons. The molecule has 2 amide bonds. The van der Waals surface area contributed by atoms with Crippen LogP contribution >= 0.6 is 0 Å². The number of anilines is 1. The van der Waals surface area contributed by atoms with E-state index in [9.17, 15) is 22.8 Å². The summed E-state index contributed by atoms with van der Waals surface area (Å²) in [6.45, 7) is 0.825. The SMILES string of the molecule is COc1ccc(CNC(=O)O[C@H]2CC[C@]3(CCN(c4ccc(OC(F)(F)F)cc4)C3=O)CC2)cc1. The zero-order valence-electron chi connectivity index (χ0n) is 19.3. The Kier molecular flexibility index (Phi) is 7.09. The molecule has 0 unspecified atom stereocenters. The summed E-state index contributed by atoms with van der Waals surface area (Å²) in [5.74, 6) is 0.370. The van der Waals surface area contributed by atoms with Gasteiger partial charge in [0, 0.05) is 18.8 Å². The molecule has 1 heterocycles. The molecule has 1 aliphatic carbocycles. The number of methoxy groups -OCH3 is 1. The highest BCUT2D eigenvalue weighted by Crippen LogP contribution is 2.46. The molecule has 1 aliphatic heterocycles. The number of amides is 2. The van der Waals surface area contributed by atoms with Crippen LogP contribution in [0.5, 0.6) is 11.5 Å². The topological polar surface area (TPSA) is 77.1 Å². The first-order valence-electron chi connectivity index (χ1n) is 11.4. The predicted molar refractivity (Wildman–Crippen MR) is 121 cm³/mol. The van der Waals surface area contributed by atoms with Gasteiger partial charge in [-0.15, -0.1) is 13.2 Å². The van der Waals surface area contributed by atoms with Gasteiger partial charge in [0.05, 0.1) is 12.5 Å². The molecular formula is C25H27F3N2O5. The largest absolute Gasteiger partial charge is 0.573 e. The van der Waals surface area contributed by atoms with Crippen LogP contribution in [0.1, 0.15) is 37.7 Å². The average molecular weight is 492 g/mol. The Morgan fingerprint density at radius 3 is 2.26 bits per heavy atom. The monoisotopic (exact) mass is 492 g/mol. The van der Waals surface area contributed by atoms with Gasteiger partial charge in [-0.3, -0.25) is 4.79 Å². The van der Waals surface area contributed by atoms with Crippen molar-refractivity contribution >= 4 is 17.7 Å². The maximum absolute atomic E-state index is 13.2. The van der Waals surface area contributed by atoms with Crippen molar-refractivity contribution in [3.8, 4) is 11.5 Å². The number of carbonyl (C=O) groups excluding carboxylic acids is 2. The van der Waals surface area contributed by atoms with Gasteiger partial charge in [-0.2, -0.15) is 0 Å².